The molecule has 3 aromatic rings. The van der Waals surface area contributed by atoms with Crippen LogP contribution in [0.15, 0.2) is 66.2 Å². The van der Waals surface area contributed by atoms with Gasteiger partial charge in [0.15, 0.2) is 0 Å². The molecule has 1 aromatic heterocycles. The Morgan fingerprint density at radius 1 is 1.10 bits per heavy atom. The molecule has 0 bridgehead atoms. The second-order valence-corrected chi connectivity index (χ2v) is 6.57. The van der Waals surface area contributed by atoms with Crippen molar-refractivity contribution in [2.45, 2.75) is 20.5 Å². The molecular formula is C24H22N2O3. The van der Waals surface area contributed by atoms with Crippen LogP contribution < -0.4 is 4.74 Å². The zero-order chi connectivity index (χ0) is 20.8. The van der Waals surface area contributed by atoms with E-state index in [2.05, 4.69) is 0 Å². The number of hydrogen-bond acceptors (Lipinski definition) is 4. The minimum atomic E-state index is -0.640. The minimum absolute atomic E-state index is 0.0405. The number of ether oxygens (including phenoxy) is 2. The number of carbonyl (C=O) groups excluding carboxylic acids is 1. The normalized spacial score (nSPS) is 11.0. The number of nitriles is 1. The molecule has 0 aliphatic heterocycles. The summed E-state index contributed by atoms with van der Waals surface area (Å²) >= 11 is 0. The molecule has 146 valence electrons. The van der Waals surface area contributed by atoms with Gasteiger partial charge in [-0.2, -0.15) is 5.26 Å². The van der Waals surface area contributed by atoms with E-state index in [1.165, 1.54) is 0 Å². The van der Waals surface area contributed by atoms with E-state index >= 15 is 0 Å². The summed E-state index contributed by atoms with van der Waals surface area (Å²) in [6.07, 6.45) is 1.57. The maximum absolute atomic E-state index is 12.4. The molecule has 0 saturated carbocycles. The molecule has 5 heteroatoms. The highest BCUT2D eigenvalue weighted by molar-refractivity contribution is 5.98. The SMILES string of the molecule is COc1ccccc1-n1c(C)cc(/C=C(\C#N)C(=O)OCc2ccccc2)c1C. The predicted octanol–water partition coefficient (Wildman–Crippen LogP) is 4.75. The zero-order valence-corrected chi connectivity index (χ0v) is 16.7. The van der Waals surface area contributed by atoms with Gasteiger partial charge in [-0.1, -0.05) is 42.5 Å². The summed E-state index contributed by atoms with van der Waals surface area (Å²) in [5.74, 6) is 0.103. The van der Waals surface area contributed by atoms with Gasteiger partial charge in [-0.15, -0.1) is 0 Å². The van der Waals surface area contributed by atoms with Gasteiger partial charge in [0, 0.05) is 11.4 Å². The predicted molar refractivity (Wildman–Crippen MR) is 112 cm³/mol. The van der Waals surface area contributed by atoms with Crippen LogP contribution in [0, 0.1) is 25.2 Å². The topological polar surface area (TPSA) is 64.2 Å². The quantitative estimate of drug-likeness (QED) is 0.348. The maximum Gasteiger partial charge on any atom is 0.349 e. The van der Waals surface area contributed by atoms with Gasteiger partial charge < -0.3 is 14.0 Å². The second kappa shape index (κ2) is 8.94. The monoisotopic (exact) mass is 386 g/mol. The third-order valence-corrected chi connectivity index (χ3v) is 4.65. The van der Waals surface area contributed by atoms with Crippen LogP contribution in [-0.2, 0) is 16.1 Å². The Kier molecular flexibility index (Phi) is 6.16. The van der Waals surface area contributed by atoms with E-state index in [1.807, 2.05) is 85.1 Å². The molecule has 0 aliphatic carbocycles. The van der Waals surface area contributed by atoms with Gasteiger partial charge in [0.05, 0.1) is 12.8 Å². The first kappa shape index (κ1) is 20.0. The molecule has 0 amide bonds. The number of esters is 1. The van der Waals surface area contributed by atoms with E-state index in [-0.39, 0.29) is 12.2 Å². The van der Waals surface area contributed by atoms with Crippen LogP contribution in [0.25, 0.3) is 11.8 Å². The van der Waals surface area contributed by atoms with E-state index in [0.717, 1.165) is 34.0 Å². The smallest absolute Gasteiger partial charge is 0.349 e. The lowest BCUT2D eigenvalue weighted by Gasteiger charge is -2.13. The number of aryl methyl sites for hydroxylation is 1. The largest absolute Gasteiger partial charge is 0.495 e. The lowest BCUT2D eigenvalue weighted by atomic mass is 10.1. The summed E-state index contributed by atoms with van der Waals surface area (Å²) < 4.78 is 12.8. The number of nitrogens with zero attached hydrogens (tertiary/aromatic N) is 2. The molecule has 3 rings (SSSR count). The fraction of sp³-hybridized carbons (Fsp3) is 0.167. The summed E-state index contributed by atoms with van der Waals surface area (Å²) in [5.41, 5.74) is 4.37. The standard InChI is InChI=1S/C24H22N2O3/c1-17-13-20(18(2)26(17)22-11-7-8-12-23(22)28-3)14-21(15-25)24(27)29-16-19-9-5-4-6-10-19/h4-14H,16H2,1-3H3/b21-14+. The van der Waals surface area contributed by atoms with Crippen molar-refractivity contribution in [3.8, 4) is 17.5 Å². The first-order valence-corrected chi connectivity index (χ1v) is 9.20. The third kappa shape index (κ3) is 4.39. The van der Waals surface area contributed by atoms with E-state index in [9.17, 15) is 10.1 Å². The average Bonchev–Trinajstić information content (AvgIpc) is 3.03. The third-order valence-electron chi connectivity index (χ3n) is 4.65. The summed E-state index contributed by atoms with van der Waals surface area (Å²) in [6, 6.07) is 21.0. The Balaban J connectivity index is 1.89. The fourth-order valence-electron chi connectivity index (χ4n) is 3.21. The van der Waals surface area contributed by atoms with Gasteiger partial charge in [0.25, 0.3) is 0 Å². The van der Waals surface area contributed by atoms with Crippen molar-refractivity contribution in [3.63, 3.8) is 0 Å². The Morgan fingerprint density at radius 3 is 2.48 bits per heavy atom. The molecule has 0 atom stereocenters. The van der Waals surface area contributed by atoms with Crippen molar-refractivity contribution in [3.05, 3.63) is 88.8 Å². The Labute approximate surface area is 170 Å². The second-order valence-electron chi connectivity index (χ2n) is 6.57. The van der Waals surface area contributed by atoms with Gasteiger partial charge in [0.2, 0.25) is 0 Å². The molecule has 0 aliphatic rings. The first-order chi connectivity index (χ1) is 14.0. The van der Waals surface area contributed by atoms with Crippen LogP contribution in [0.2, 0.25) is 0 Å². The van der Waals surface area contributed by atoms with Crippen LogP contribution in [0.4, 0.5) is 0 Å². The first-order valence-electron chi connectivity index (χ1n) is 9.20. The molecule has 29 heavy (non-hydrogen) atoms. The Bertz CT molecular complexity index is 1090. The number of hydrogen-bond donors (Lipinski definition) is 0. The van der Waals surface area contributed by atoms with Crippen molar-refractivity contribution in [1.29, 1.82) is 5.26 Å². The molecule has 0 unspecified atom stereocenters. The Hall–Kier alpha value is -3.78. The van der Waals surface area contributed by atoms with Gasteiger partial charge in [0.1, 0.15) is 24.0 Å². The summed E-state index contributed by atoms with van der Waals surface area (Å²) in [6.45, 7) is 4.03. The van der Waals surface area contributed by atoms with Crippen LogP contribution in [0.1, 0.15) is 22.5 Å². The molecule has 0 spiro atoms. The van der Waals surface area contributed by atoms with Crippen molar-refractivity contribution >= 4 is 12.0 Å². The van der Waals surface area contributed by atoms with Crippen LogP contribution in [0.5, 0.6) is 5.75 Å². The fourth-order valence-corrected chi connectivity index (χ4v) is 3.21. The molecular weight excluding hydrogens is 364 g/mol. The van der Waals surface area contributed by atoms with Crippen molar-refractivity contribution in [2.24, 2.45) is 0 Å². The number of aromatic nitrogens is 1. The molecule has 0 radical (unpaired) electrons. The number of methoxy groups -OCH3 is 1. The van der Waals surface area contributed by atoms with Crippen molar-refractivity contribution in [1.82, 2.24) is 4.57 Å². The van der Waals surface area contributed by atoms with Crippen LogP contribution in [-0.4, -0.2) is 17.6 Å². The zero-order valence-electron chi connectivity index (χ0n) is 16.7. The van der Waals surface area contributed by atoms with Gasteiger partial charge in [-0.05, 0) is 49.2 Å². The number of rotatable bonds is 6. The molecule has 2 aromatic carbocycles. The van der Waals surface area contributed by atoms with Crippen LogP contribution in [0.3, 0.4) is 0 Å². The molecule has 1 heterocycles. The van der Waals surface area contributed by atoms with E-state index in [1.54, 1.807) is 13.2 Å². The molecule has 0 saturated heterocycles. The average molecular weight is 386 g/mol. The van der Waals surface area contributed by atoms with Crippen molar-refractivity contribution in [2.75, 3.05) is 7.11 Å². The molecule has 0 fully saturated rings. The highest BCUT2D eigenvalue weighted by Crippen LogP contribution is 2.28. The van der Waals surface area contributed by atoms with Gasteiger partial charge in [-0.3, -0.25) is 0 Å². The van der Waals surface area contributed by atoms with E-state index in [0.29, 0.717) is 0 Å². The summed E-state index contributed by atoms with van der Waals surface area (Å²) in [7, 11) is 1.63. The number of carbonyl (C=O) groups is 1. The van der Waals surface area contributed by atoms with E-state index in [4.69, 9.17) is 9.47 Å². The minimum Gasteiger partial charge on any atom is -0.495 e. The summed E-state index contributed by atoms with van der Waals surface area (Å²) in [5, 5.41) is 9.48. The van der Waals surface area contributed by atoms with Gasteiger partial charge in [-0.25, -0.2) is 4.79 Å². The van der Waals surface area contributed by atoms with E-state index < -0.39 is 5.97 Å². The molecule has 0 N–H and O–H groups in total. The van der Waals surface area contributed by atoms with Gasteiger partial charge >= 0.3 is 5.97 Å². The number of benzene rings is 2. The molecule has 5 nitrogen and oxygen atoms in total. The highest BCUT2D eigenvalue weighted by Gasteiger charge is 2.16. The lowest BCUT2D eigenvalue weighted by molar-refractivity contribution is -0.139. The lowest BCUT2D eigenvalue weighted by Crippen LogP contribution is -2.07. The number of para-hydroxylation sites is 2. The van der Waals surface area contributed by atoms with Crippen molar-refractivity contribution < 1.29 is 14.3 Å². The highest BCUT2D eigenvalue weighted by atomic mass is 16.5. The summed E-state index contributed by atoms with van der Waals surface area (Å²) in [4.78, 5) is 12.4. The maximum atomic E-state index is 12.4. The van der Waals surface area contributed by atoms with Crippen LogP contribution >= 0.6 is 0 Å². The Morgan fingerprint density at radius 2 is 1.79 bits per heavy atom.